The van der Waals surface area contributed by atoms with Gasteiger partial charge in [-0.3, -0.25) is 0 Å². The number of aromatic nitrogens is 2. The van der Waals surface area contributed by atoms with Crippen molar-refractivity contribution in [2.75, 3.05) is 38.2 Å². The van der Waals surface area contributed by atoms with E-state index in [1.54, 1.807) is 24.3 Å². The summed E-state index contributed by atoms with van der Waals surface area (Å²) in [5.41, 5.74) is 1.88. The zero-order valence-corrected chi connectivity index (χ0v) is 17.7. The van der Waals surface area contributed by atoms with Gasteiger partial charge in [0.05, 0.1) is 11.3 Å². The maximum Gasteiger partial charge on any atom is 0.335 e. The number of carbonyl (C=O) groups is 1. The molecule has 2 aliphatic heterocycles. The third-order valence-corrected chi connectivity index (χ3v) is 7.13. The highest BCUT2D eigenvalue weighted by Gasteiger charge is 2.41. The fourth-order valence-electron chi connectivity index (χ4n) is 5.51. The molecule has 1 aliphatic carbocycles. The van der Waals surface area contributed by atoms with Gasteiger partial charge in [-0.1, -0.05) is 12.1 Å². The lowest BCUT2D eigenvalue weighted by Crippen LogP contribution is -2.32. The molecular weight excluding hydrogens is 392 g/mol. The Labute approximate surface area is 182 Å². The highest BCUT2D eigenvalue weighted by atomic mass is 16.5. The van der Waals surface area contributed by atoms with Gasteiger partial charge in [0.2, 0.25) is 0 Å². The van der Waals surface area contributed by atoms with E-state index < -0.39 is 5.97 Å². The maximum atomic E-state index is 11.0. The molecule has 1 aromatic heterocycles. The maximum absolute atomic E-state index is 11.0. The van der Waals surface area contributed by atoms with Crippen LogP contribution >= 0.6 is 0 Å². The van der Waals surface area contributed by atoms with Crippen molar-refractivity contribution in [2.45, 2.75) is 31.7 Å². The molecule has 0 bridgehead atoms. The number of hydrogen-bond donors (Lipinski definition) is 2. The quantitative estimate of drug-likeness (QED) is 0.738. The van der Waals surface area contributed by atoms with Crippen molar-refractivity contribution in [1.82, 2.24) is 15.1 Å². The summed E-state index contributed by atoms with van der Waals surface area (Å²) >= 11 is 0. The van der Waals surface area contributed by atoms with Gasteiger partial charge in [-0.25, -0.2) is 4.79 Å². The van der Waals surface area contributed by atoms with Crippen LogP contribution in [0.15, 0.2) is 36.4 Å². The predicted molar refractivity (Wildman–Crippen MR) is 118 cm³/mol. The average molecular weight is 423 g/mol. The smallest absolute Gasteiger partial charge is 0.335 e. The third-order valence-electron chi connectivity index (χ3n) is 7.13. The molecule has 2 saturated heterocycles. The van der Waals surface area contributed by atoms with E-state index in [9.17, 15) is 4.79 Å². The van der Waals surface area contributed by atoms with Gasteiger partial charge in [-0.15, -0.1) is 10.2 Å². The normalized spacial score (nSPS) is 26.6. The minimum absolute atomic E-state index is 0.271. The molecule has 2 aromatic rings. The molecular formula is C24H30N4O3. The van der Waals surface area contributed by atoms with Crippen LogP contribution in [0.25, 0.3) is 11.3 Å². The number of aromatic carboxylic acids is 1. The summed E-state index contributed by atoms with van der Waals surface area (Å²) < 4.78 is 5.50. The first-order valence-electron chi connectivity index (χ1n) is 11.4. The van der Waals surface area contributed by atoms with Crippen molar-refractivity contribution in [2.24, 2.45) is 17.8 Å². The Kier molecular flexibility index (Phi) is 5.87. The first-order chi connectivity index (χ1) is 15.1. The van der Waals surface area contributed by atoms with E-state index in [-0.39, 0.29) is 5.56 Å². The summed E-state index contributed by atoms with van der Waals surface area (Å²) in [5, 5.41) is 21.3. The Bertz CT molecular complexity index is 882. The number of nitrogens with one attached hydrogen (secondary N) is 1. The minimum atomic E-state index is -0.926. The lowest BCUT2D eigenvalue weighted by Gasteiger charge is -2.27. The summed E-state index contributed by atoms with van der Waals surface area (Å²) in [5.74, 6) is 2.28. The van der Waals surface area contributed by atoms with Crippen LogP contribution in [0.1, 0.15) is 36.0 Å². The first-order valence-corrected chi connectivity index (χ1v) is 11.4. The largest absolute Gasteiger partial charge is 0.478 e. The topological polar surface area (TPSA) is 87.6 Å². The summed E-state index contributed by atoms with van der Waals surface area (Å²) in [7, 11) is 0. The number of nitrogens with zero attached hydrogens (tertiary/aromatic N) is 3. The lowest BCUT2D eigenvalue weighted by atomic mass is 10.00. The molecule has 7 heteroatoms. The van der Waals surface area contributed by atoms with Gasteiger partial charge < -0.3 is 20.1 Å². The van der Waals surface area contributed by atoms with Crippen molar-refractivity contribution < 1.29 is 14.6 Å². The fraction of sp³-hybridized carbons (Fsp3) is 0.542. The summed E-state index contributed by atoms with van der Waals surface area (Å²) in [6.07, 6.45) is 4.84. The SMILES string of the molecule is O=C(O)c1ccc(-c2ccc(NC3C[C@@H]4CN(CC5CCOCC5)C[C@@H]4C3)nn2)cc1. The molecule has 3 fully saturated rings. The van der Waals surface area contributed by atoms with E-state index in [1.165, 1.54) is 45.3 Å². The summed E-state index contributed by atoms with van der Waals surface area (Å²) in [6.45, 7) is 5.58. The Hall–Kier alpha value is -2.51. The van der Waals surface area contributed by atoms with Gasteiger partial charge in [0, 0.05) is 44.5 Å². The summed E-state index contributed by atoms with van der Waals surface area (Å²) in [6, 6.07) is 11.1. The Morgan fingerprint density at radius 2 is 1.74 bits per heavy atom. The minimum Gasteiger partial charge on any atom is -0.478 e. The number of carboxylic acid groups (broad SMARTS) is 1. The monoisotopic (exact) mass is 422 g/mol. The van der Waals surface area contributed by atoms with Gasteiger partial charge in [-0.05, 0) is 67.7 Å². The number of ether oxygens (including phenoxy) is 1. The predicted octanol–water partition coefficient (Wildman–Crippen LogP) is 3.39. The van der Waals surface area contributed by atoms with Crippen molar-refractivity contribution in [3.63, 3.8) is 0 Å². The molecule has 164 valence electrons. The zero-order valence-electron chi connectivity index (χ0n) is 17.7. The Morgan fingerprint density at radius 3 is 2.35 bits per heavy atom. The second-order valence-electron chi connectivity index (χ2n) is 9.29. The van der Waals surface area contributed by atoms with E-state index in [4.69, 9.17) is 9.84 Å². The van der Waals surface area contributed by atoms with Crippen LogP contribution in [0, 0.1) is 17.8 Å². The van der Waals surface area contributed by atoms with Crippen molar-refractivity contribution in [3.05, 3.63) is 42.0 Å². The second kappa shape index (κ2) is 8.93. The van der Waals surface area contributed by atoms with Gasteiger partial charge in [0.15, 0.2) is 0 Å². The fourth-order valence-corrected chi connectivity index (χ4v) is 5.51. The van der Waals surface area contributed by atoms with Gasteiger partial charge >= 0.3 is 5.97 Å². The molecule has 0 amide bonds. The van der Waals surface area contributed by atoms with Crippen LogP contribution in [0.4, 0.5) is 5.82 Å². The lowest BCUT2D eigenvalue weighted by molar-refractivity contribution is 0.0545. The summed E-state index contributed by atoms with van der Waals surface area (Å²) in [4.78, 5) is 13.7. The Balaban J connectivity index is 1.12. The molecule has 7 nitrogen and oxygen atoms in total. The van der Waals surface area contributed by atoms with Crippen LogP contribution < -0.4 is 5.32 Å². The first kappa shape index (κ1) is 20.4. The number of fused-ring (bicyclic) bond motifs is 1. The second-order valence-corrected chi connectivity index (χ2v) is 9.29. The van der Waals surface area contributed by atoms with Crippen molar-refractivity contribution >= 4 is 11.8 Å². The molecule has 1 saturated carbocycles. The number of anilines is 1. The molecule has 1 unspecified atom stereocenters. The van der Waals surface area contributed by atoms with Crippen molar-refractivity contribution in [3.8, 4) is 11.3 Å². The molecule has 0 radical (unpaired) electrons. The van der Waals surface area contributed by atoms with E-state index in [0.29, 0.717) is 6.04 Å². The Morgan fingerprint density at radius 1 is 1.03 bits per heavy atom. The standard InChI is InChI=1S/C24H30N4O3/c29-24(30)18-3-1-17(2-4-18)22-5-6-23(27-26-22)25-21-11-19-14-28(15-20(19)12-21)13-16-7-9-31-10-8-16/h1-6,16,19-21H,7-15H2,(H,25,27)(H,29,30)/t19-,20+,21?. The molecule has 1 aromatic carbocycles. The highest BCUT2D eigenvalue weighted by Crippen LogP contribution is 2.39. The molecule has 31 heavy (non-hydrogen) atoms. The molecule has 5 rings (SSSR count). The number of rotatable bonds is 6. The van der Waals surface area contributed by atoms with E-state index >= 15 is 0 Å². The molecule has 2 N–H and O–H groups in total. The molecule has 3 atom stereocenters. The van der Waals surface area contributed by atoms with E-state index in [1.807, 2.05) is 12.1 Å². The van der Waals surface area contributed by atoms with Gasteiger partial charge in [-0.2, -0.15) is 0 Å². The van der Waals surface area contributed by atoms with E-state index in [0.717, 1.165) is 48.0 Å². The van der Waals surface area contributed by atoms with Crippen LogP contribution in [0.3, 0.4) is 0 Å². The van der Waals surface area contributed by atoms with Crippen LogP contribution in [-0.2, 0) is 4.74 Å². The molecule has 3 heterocycles. The van der Waals surface area contributed by atoms with Gasteiger partial charge in [0.1, 0.15) is 5.82 Å². The number of carboxylic acids is 1. The van der Waals surface area contributed by atoms with Crippen LogP contribution in [-0.4, -0.2) is 65.1 Å². The number of likely N-dealkylation sites (tertiary alicyclic amines) is 1. The van der Waals surface area contributed by atoms with E-state index in [2.05, 4.69) is 20.4 Å². The van der Waals surface area contributed by atoms with Gasteiger partial charge in [0.25, 0.3) is 0 Å². The number of benzene rings is 1. The molecule has 3 aliphatic rings. The van der Waals surface area contributed by atoms with Crippen LogP contribution in [0.5, 0.6) is 0 Å². The highest BCUT2D eigenvalue weighted by molar-refractivity contribution is 5.88. The van der Waals surface area contributed by atoms with Crippen LogP contribution in [0.2, 0.25) is 0 Å². The van der Waals surface area contributed by atoms with Crippen molar-refractivity contribution in [1.29, 1.82) is 0 Å². The molecule has 0 spiro atoms. The average Bonchev–Trinajstić information content (AvgIpc) is 3.33. The zero-order chi connectivity index (χ0) is 21.2. The number of hydrogen-bond acceptors (Lipinski definition) is 6. The third kappa shape index (κ3) is 4.72.